The third-order valence-electron chi connectivity index (χ3n) is 10.2. The van der Waals surface area contributed by atoms with Crippen LogP contribution in [0.3, 0.4) is 0 Å². The molecule has 3 saturated carbocycles. The van der Waals surface area contributed by atoms with Gasteiger partial charge in [-0.15, -0.1) is 0 Å². The van der Waals surface area contributed by atoms with Crippen molar-refractivity contribution in [2.45, 2.75) is 90.1 Å². The third kappa shape index (κ3) is 4.19. The van der Waals surface area contributed by atoms with Gasteiger partial charge in [-0.3, -0.25) is 9.69 Å². The number of fused-ring (bicyclic) bond motifs is 3. The van der Waals surface area contributed by atoms with Crippen LogP contribution in [0.25, 0.3) is 0 Å². The van der Waals surface area contributed by atoms with Crippen molar-refractivity contribution in [3.05, 3.63) is 12.2 Å². The molecule has 186 valence electrons. The topological polar surface area (TPSA) is 68.2 Å². The maximum absolute atomic E-state index is 11.7. The Morgan fingerprint density at radius 1 is 1.18 bits per heavy atom. The highest BCUT2D eigenvalue weighted by atomic mass is 16.7. The van der Waals surface area contributed by atoms with Gasteiger partial charge in [-0.2, -0.15) is 0 Å². The number of hydrogen-bond donors (Lipinski definition) is 1. The molecule has 2 saturated heterocycles. The minimum Gasteiger partial charge on any atom is -0.480 e. The highest BCUT2D eigenvalue weighted by molar-refractivity contribution is 5.73. The van der Waals surface area contributed by atoms with E-state index in [4.69, 9.17) is 14.2 Å². The van der Waals surface area contributed by atoms with Gasteiger partial charge in [0.05, 0.1) is 25.9 Å². The molecule has 0 amide bonds. The Balaban J connectivity index is 1.30. The highest BCUT2D eigenvalue weighted by Crippen LogP contribution is 2.63. The predicted octanol–water partition coefficient (Wildman–Crippen LogP) is 4.48. The fourth-order valence-corrected chi connectivity index (χ4v) is 8.29. The number of morpholine rings is 1. The molecule has 2 aliphatic heterocycles. The molecule has 33 heavy (non-hydrogen) atoms. The molecular formula is C27H43NO5. The zero-order valence-electron chi connectivity index (χ0n) is 20.6. The molecule has 2 heterocycles. The third-order valence-corrected chi connectivity index (χ3v) is 10.2. The summed E-state index contributed by atoms with van der Waals surface area (Å²) in [6, 6.07) is -0.528. The maximum Gasteiger partial charge on any atom is 0.323 e. The summed E-state index contributed by atoms with van der Waals surface area (Å²) in [4.78, 5) is 13.8. The largest absolute Gasteiger partial charge is 0.480 e. The van der Waals surface area contributed by atoms with Gasteiger partial charge in [0.1, 0.15) is 6.04 Å². The van der Waals surface area contributed by atoms with E-state index in [0.29, 0.717) is 30.9 Å². The molecule has 0 spiro atoms. The number of aliphatic carboxylic acids is 1. The fraction of sp³-hybridized carbons (Fsp3) is 0.889. The maximum atomic E-state index is 11.7. The van der Waals surface area contributed by atoms with E-state index in [2.05, 4.69) is 25.3 Å². The van der Waals surface area contributed by atoms with E-state index in [0.717, 1.165) is 45.3 Å². The van der Waals surface area contributed by atoms with Crippen molar-refractivity contribution >= 4 is 5.97 Å². The summed E-state index contributed by atoms with van der Waals surface area (Å²) in [5.74, 6) is 0.766. The summed E-state index contributed by atoms with van der Waals surface area (Å²) in [6.45, 7) is 12.6. The second-order valence-electron chi connectivity index (χ2n) is 12.0. The van der Waals surface area contributed by atoms with Crippen molar-refractivity contribution in [1.29, 1.82) is 0 Å². The summed E-state index contributed by atoms with van der Waals surface area (Å²) in [6.07, 6.45) is 10.9. The van der Waals surface area contributed by atoms with Crippen molar-refractivity contribution in [2.75, 3.05) is 32.9 Å². The first-order chi connectivity index (χ1) is 15.8. The molecule has 1 N–H and O–H groups in total. The lowest BCUT2D eigenvalue weighted by atomic mass is 9.46. The average molecular weight is 462 g/mol. The first-order valence-corrected chi connectivity index (χ1v) is 13.3. The van der Waals surface area contributed by atoms with Gasteiger partial charge in [0.25, 0.3) is 0 Å². The van der Waals surface area contributed by atoms with Crippen LogP contribution in [0.4, 0.5) is 0 Å². The minimum absolute atomic E-state index is 0.00134. The lowest BCUT2D eigenvalue weighted by Crippen LogP contribution is -2.62. The summed E-state index contributed by atoms with van der Waals surface area (Å²) >= 11 is 0. The Hall–Kier alpha value is -0.950. The quantitative estimate of drug-likeness (QED) is 0.609. The summed E-state index contributed by atoms with van der Waals surface area (Å²) < 4.78 is 18.6. The SMILES string of the molecule is C=C1CCC2[C@]3(C)CO[C@@H](C4CCCC4)O[C@@H]3CC[C@@]2(C)[C@@H]1CCN1CCOC[C@@H]1C(=O)O. The van der Waals surface area contributed by atoms with Crippen LogP contribution in [0.5, 0.6) is 0 Å². The van der Waals surface area contributed by atoms with E-state index < -0.39 is 12.0 Å². The highest BCUT2D eigenvalue weighted by Gasteiger charge is 2.60. The first kappa shape index (κ1) is 23.8. The molecule has 0 radical (unpaired) electrons. The van der Waals surface area contributed by atoms with Gasteiger partial charge in [-0.1, -0.05) is 38.8 Å². The number of allylic oxidation sites excluding steroid dienone is 1. The van der Waals surface area contributed by atoms with Gasteiger partial charge in [0.15, 0.2) is 6.29 Å². The fourth-order valence-electron chi connectivity index (χ4n) is 8.29. The molecule has 0 aromatic rings. The predicted molar refractivity (Wildman–Crippen MR) is 126 cm³/mol. The number of carboxylic acids is 1. The molecule has 0 aromatic heterocycles. The Morgan fingerprint density at radius 3 is 2.73 bits per heavy atom. The average Bonchev–Trinajstić information content (AvgIpc) is 3.33. The molecule has 3 aliphatic carbocycles. The van der Waals surface area contributed by atoms with Gasteiger partial charge in [-0.05, 0) is 68.7 Å². The number of carboxylic acid groups (broad SMARTS) is 1. The van der Waals surface area contributed by atoms with Gasteiger partial charge in [-0.25, -0.2) is 0 Å². The zero-order valence-corrected chi connectivity index (χ0v) is 20.6. The van der Waals surface area contributed by atoms with Crippen LogP contribution in [0.1, 0.15) is 71.6 Å². The van der Waals surface area contributed by atoms with Gasteiger partial charge in [0, 0.05) is 17.9 Å². The van der Waals surface area contributed by atoms with Gasteiger partial charge < -0.3 is 19.3 Å². The molecule has 7 atom stereocenters. The molecule has 0 bridgehead atoms. The van der Waals surface area contributed by atoms with Gasteiger partial charge in [0.2, 0.25) is 0 Å². The minimum atomic E-state index is -0.775. The van der Waals surface area contributed by atoms with Crippen molar-refractivity contribution in [1.82, 2.24) is 4.90 Å². The number of nitrogens with zero attached hydrogens (tertiary/aromatic N) is 1. The van der Waals surface area contributed by atoms with Crippen LogP contribution >= 0.6 is 0 Å². The van der Waals surface area contributed by atoms with Crippen molar-refractivity contribution in [3.8, 4) is 0 Å². The van der Waals surface area contributed by atoms with Crippen LogP contribution in [0.15, 0.2) is 12.2 Å². The molecule has 5 rings (SSSR count). The van der Waals surface area contributed by atoms with Crippen molar-refractivity contribution < 1.29 is 24.1 Å². The van der Waals surface area contributed by atoms with Crippen molar-refractivity contribution in [2.24, 2.45) is 28.6 Å². The summed E-state index contributed by atoms with van der Waals surface area (Å²) in [5, 5.41) is 9.63. The molecule has 5 aliphatic rings. The normalized spacial score (nSPS) is 44.9. The van der Waals surface area contributed by atoms with Crippen LogP contribution in [0.2, 0.25) is 0 Å². The Morgan fingerprint density at radius 2 is 1.97 bits per heavy atom. The lowest BCUT2D eigenvalue weighted by Gasteiger charge is -2.63. The molecule has 5 fully saturated rings. The molecule has 0 aromatic carbocycles. The number of ether oxygens (including phenoxy) is 3. The first-order valence-electron chi connectivity index (χ1n) is 13.3. The smallest absolute Gasteiger partial charge is 0.323 e. The van der Waals surface area contributed by atoms with Gasteiger partial charge >= 0.3 is 5.97 Å². The molecule has 6 nitrogen and oxygen atoms in total. The number of carbonyl (C=O) groups is 1. The molecular weight excluding hydrogens is 418 g/mol. The standard InChI is InChI=1S/C27H43NO5/c1-18-8-9-22-26(2,20(18)11-13-28-14-15-31-16-21(28)24(29)30)12-10-23-27(22,3)17-32-25(33-23)19-6-4-5-7-19/h19-23,25H,1,4-17H2,2-3H3,(H,29,30)/t20-,21-,22?,23-,25-,26+,27+/m1/s1. The van der Waals surface area contributed by atoms with E-state index in [1.165, 1.54) is 31.3 Å². The lowest BCUT2D eigenvalue weighted by molar-refractivity contribution is -0.316. The van der Waals surface area contributed by atoms with E-state index in [1.807, 2.05) is 0 Å². The van der Waals surface area contributed by atoms with Crippen LogP contribution in [0, 0.1) is 28.6 Å². The monoisotopic (exact) mass is 461 g/mol. The van der Waals surface area contributed by atoms with Crippen LogP contribution in [-0.2, 0) is 19.0 Å². The Kier molecular flexibility index (Phi) is 6.67. The summed E-state index contributed by atoms with van der Waals surface area (Å²) in [5.41, 5.74) is 1.57. The molecule has 6 heteroatoms. The van der Waals surface area contributed by atoms with E-state index in [1.54, 1.807) is 0 Å². The van der Waals surface area contributed by atoms with Crippen LogP contribution < -0.4 is 0 Å². The molecule has 1 unspecified atom stereocenters. The zero-order chi connectivity index (χ0) is 23.2. The van der Waals surface area contributed by atoms with Crippen molar-refractivity contribution in [3.63, 3.8) is 0 Å². The van der Waals surface area contributed by atoms with E-state index in [-0.39, 0.29) is 29.8 Å². The number of rotatable bonds is 5. The van der Waals surface area contributed by atoms with E-state index >= 15 is 0 Å². The Bertz CT molecular complexity index is 751. The Labute approximate surface area is 199 Å². The second kappa shape index (κ2) is 9.25. The summed E-state index contributed by atoms with van der Waals surface area (Å²) in [7, 11) is 0. The van der Waals surface area contributed by atoms with Crippen LogP contribution in [-0.4, -0.2) is 67.3 Å². The second-order valence-corrected chi connectivity index (χ2v) is 12.0. The van der Waals surface area contributed by atoms with E-state index in [9.17, 15) is 9.90 Å². The number of hydrogen-bond acceptors (Lipinski definition) is 5.